The topological polar surface area (TPSA) is 78.7 Å². The molecule has 2 aromatic carbocycles. The molecule has 108 valence electrons. The fourth-order valence-electron chi connectivity index (χ4n) is 1.85. The first-order valence-electron chi connectivity index (χ1n) is 6.14. The van der Waals surface area contributed by atoms with Crippen LogP contribution in [0.25, 0.3) is 0 Å². The molecule has 6 nitrogen and oxygen atoms in total. The fraction of sp³-hybridized carbons (Fsp3) is 0.133. The molecule has 0 saturated heterocycles. The average molecular weight is 287 g/mol. The third-order valence-corrected chi connectivity index (χ3v) is 2.89. The molecule has 0 aliphatic rings. The molecule has 0 spiro atoms. The van der Waals surface area contributed by atoms with Crippen molar-refractivity contribution in [2.24, 2.45) is 0 Å². The molecule has 0 heterocycles. The third-order valence-electron chi connectivity index (χ3n) is 2.89. The molecule has 0 aliphatic heterocycles. The standard InChI is InChI=1S/C15H13NO5/c1-20-14-5-3-2-4-12(14)10-21-15-7-6-11(9-17)8-13(15)16(18)19/h2-9H,10H2,1H3. The number of nitro groups is 1. The van der Waals surface area contributed by atoms with Gasteiger partial charge in [0.2, 0.25) is 0 Å². The second-order valence-electron chi connectivity index (χ2n) is 4.20. The van der Waals surface area contributed by atoms with Crippen LogP contribution in [0, 0.1) is 10.1 Å². The number of methoxy groups -OCH3 is 1. The van der Waals surface area contributed by atoms with Crippen molar-refractivity contribution in [2.45, 2.75) is 6.61 Å². The van der Waals surface area contributed by atoms with E-state index in [2.05, 4.69) is 0 Å². The molecule has 0 aliphatic carbocycles. The number of carbonyl (C=O) groups is 1. The highest BCUT2D eigenvalue weighted by Gasteiger charge is 2.16. The maximum atomic E-state index is 11.0. The Hall–Kier alpha value is -2.89. The molecule has 2 aromatic rings. The molecule has 0 unspecified atom stereocenters. The van der Waals surface area contributed by atoms with Gasteiger partial charge in [0.05, 0.1) is 12.0 Å². The van der Waals surface area contributed by atoms with E-state index in [0.29, 0.717) is 12.0 Å². The van der Waals surface area contributed by atoms with Crippen molar-refractivity contribution in [3.63, 3.8) is 0 Å². The molecule has 0 bridgehead atoms. The van der Waals surface area contributed by atoms with Crippen molar-refractivity contribution in [2.75, 3.05) is 7.11 Å². The number of rotatable bonds is 6. The zero-order valence-corrected chi connectivity index (χ0v) is 11.3. The minimum absolute atomic E-state index is 0.108. The number of carbonyl (C=O) groups excluding carboxylic acids is 1. The minimum Gasteiger partial charge on any atom is -0.496 e. The minimum atomic E-state index is -0.579. The summed E-state index contributed by atoms with van der Waals surface area (Å²) in [6.07, 6.45) is 0.553. The van der Waals surface area contributed by atoms with Crippen LogP contribution in [0.3, 0.4) is 0 Å². The van der Waals surface area contributed by atoms with Crippen LogP contribution in [-0.4, -0.2) is 18.3 Å². The van der Waals surface area contributed by atoms with Gasteiger partial charge in [0.1, 0.15) is 18.6 Å². The molecule has 6 heteroatoms. The van der Waals surface area contributed by atoms with Gasteiger partial charge < -0.3 is 9.47 Å². The number of nitrogens with zero attached hydrogens (tertiary/aromatic N) is 1. The Bertz CT molecular complexity index is 669. The zero-order valence-electron chi connectivity index (χ0n) is 11.3. The maximum Gasteiger partial charge on any atom is 0.311 e. The van der Waals surface area contributed by atoms with Gasteiger partial charge in [-0.25, -0.2) is 0 Å². The number of hydrogen-bond acceptors (Lipinski definition) is 5. The van der Waals surface area contributed by atoms with Gasteiger partial charge in [-0.15, -0.1) is 0 Å². The smallest absolute Gasteiger partial charge is 0.311 e. The molecule has 0 aromatic heterocycles. The second kappa shape index (κ2) is 6.51. The Balaban J connectivity index is 2.23. The molecular weight excluding hydrogens is 274 g/mol. The SMILES string of the molecule is COc1ccccc1COc1ccc(C=O)cc1[N+](=O)[O-]. The van der Waals surface area contributed by atoms with Gasteiger partial charge in [0, 0.05) is 17.2 Å². The van der Waals surface area contributed by atoms with Gasteiger partial charge >= 0.3 is 5.69 Å². The van der Waals surface area contributed by atoms with Crippen LogP contribution in [0.5, 0.6) is 11.5 Å². The summed E-state index contributed by atoms with van der Waals surface area (Å²) in [7, 11) is 1.54. The molecule has 0 saturated carbocycles. The number of benzene rings is 2. The highest BCUT2D eigenvalue weighted by Crippen LogP contribution is 2.29. The Kier molecular flexibility index (Phi) is 4.50. The van der Waals surface area contributed by atoms with Crippen molar-refractivity contribution in [3.8, 4) is 11.5 Å². The number of ether oxygens (including phenoxy) is 2. The Morgan fingerprint density at radius 3 is 2.62 bits per heavy atom. The van der Waals surface area contributed by atoms with Gasteiger partial charge in [-0.1, -0.05) is 18.2 Å². The van der Waals surface area contributed by atoms with Crippen LogP contribution in [0.4, 0.5) is 5.69 Å². The van der Waals surface area contributed by atoms with E-state index >= 15 is 0 Å². The van der Waals surface area contributed by atoms with E-state index < -0.39 is 4.92 Å². The Labute approximate surface area is 121 Å². The highest BCUT2D eigenvalue weighted by atomic mass is 16.6. The average Bonchev–Trinajstić information content (AvgIpc) is 2.52. The highest BCUT2D eigenvalue weighted by molar-refractivity contribution is 5.77. The molecule has 0 amide bonds. The van der Waals surface area contributed by atoms with Crippen LogP contribution in [0.15, 0.2) is 42.5 Å². The molecule has 0 N–H and O–H groups in total. The van der Waals surface area contributed by atoms with Gasteiger partial charge in [-0.05, 0) is 18.2 Å². The van der Waals surface area contributed by atoms with Gasteiger partial charge in [0.25, 0.3) is 0 Å². The normalized spacial score (nSPS) is 9.95. The van der Waals surface area contributed by atoms with Crippen LogP contribution in [0.1, 0.15) is 15.9 Å². The van der Waals surface area contributed by atoms with Gasteiger partial charge in [0.15, 0.2) is 5.75 Å². The second-order valence-corrected chi connectivity index (χ2v) is 4.20. The van der Waals surface area contributed by atoms with Crippen LogP contribution >= 0.6 is 0 Å². The van der Waals surface area contributed by atoms with Crippen LogP contribution < -0.4 is 9.47 Å². The van der Waals surface area contributed by atoms with Crippen molar-refractivity contribution >= 4 is 12.0 Å². The van der Waals surface area contributed by atoms with E-state index in [1.54, 1.807) is 13.2 Å². The summed E-state index contributed by atoms with van der Waals surface area (Å²) in [5, 5.41) is 11.0. The van der Waals surface area contributed by atoms with Crippen molar-refractivity contribution in [3.05, 3.63) is 63.7 Å². The van der Waals surface area contributed by atoms with Crippen LogP contribution in [-0.2, 0) is 6.61 Å². The number of para-hydroxylation sites is 1. The summed E-state index contributed by atoms with van der Waals surface area (Å²) >= 11 is 0. The molecular formula is C15H13NO5. The van der Waals surface area contributed by atoms with E-state index in [1.165, 1.54) is 18.2 Å². The molecule has 21 heavy (non-hydrogen) atoms. The summed E-state index contributed by atoms with van der Waals surface area (Å²) < 4.78 is 10.7. The quantitative estimate of drug-likeness (QED) is 0.463. The lowest BCUT2D eigenvalue weighted by molar-refractivity contribution is -0.386. The first-order chi connectivity index (χ1) is 10.2. The fourth-order valence-corrected chi connectivity index (χ4v) is 1.85. The summed E-state index contributed by atoms with van der Waals surface area (Å²) in [6, 6.07) is 11.3. The van der Waals surface area contributed by atoms with Gasteiger partial charge in [-0.3, -0.25) is 14.9 Å². The van der Waals surface area contributed by atoms with Crippen LogP contribution in [0.2, 0.25) is 0 Å². The van der Waals surface area contributed by atoms with Crippen molar-refractivity contribution < 1.29 is 19.2 Å². The predicted octanol–water partition coefficient (Wildman–Crippen LogP) is 2.99. The first-order valence-corrected chi connectivity index (χ1v) is 6.14. The summed E-state index contributed by atoms with van der Waals surface area (Å²) in [4.78, 5) is 21.1. The van der Waals surface area contributed by atoms with E-state index in [4.69, 9.17) is 9.47 Å². The van der Waals surface area contributed by atoms with E-state index in [1.807, 2.05) is 18.2 Å². The first kappa shape index (κ1) is 14.5. The van der Waals surface area contributed by atoms with E-state index in [9.17, 15) is 14.9 Å². The molecule has 0 radical (unpaired) electrons. The lowest BCUT2D eigenvalue weighted by Gasteiger charge is -2.10. The third kappa shape index (κ3) is 3.36. The van der Waals surface area contributed by atoms with Crippen molar-refractivity contribution in [1.29, 1.82) is 0 Å². The Morgan fingerprint density at radius 1 is 1.19 bits per heavy atom. The molecule has 0 fully saturated rings. The van der Waals surface area contributed by atoms with E-state index in [-0.39, 0.29) is 23.6 Å². The number of nitro benzene ring substituents is 1. The number of aldehydes is 1. The summed E-state index contributed by atoms with van der Waals surface area (Å²) in [6.45, 7) is 0.130. The lowest BCUT2D eigenvalue weighted by atomic mass is 10.2. The number of hydrogen-bond donors (Lipinski definition) is 0. The summed E-state index contributed by atoms with van der Waals surface area (Å²) in [5.41, 5.74) is 0.759. The molecule has 2 rings (SSSR count). The van der Waals surface area contributed by atoms with Gasteiger partial charge in [-0.2, -0.15) is 0 Å². The maximum absolute atomic E-state index is 11.0. The largest absolute Gasteiger partial charge is 0.496 e. The monoisotopic (exact) mass is 287 g/mol. The lowest BCUT2D eigenvalue weighted by Crippen LogP contribution is -2.01. The molecule has 0 atom stereocenters. The predicted molar refractivity (Wildman–Crippen MR) is 75.8 cm³/mol. The van der Waals surface area contributed by atoms with E-state index in [0.717, 1.165) is 5.56 Å². The summed E-state index contributed by atoms with van der Waals surface area (Å²) in [5.74, 6) is 0.751. The Morgan fingerprint density at radius 2 is 1.95 bits per heavy atom. The van der Waals surface area contributed by atoms with Crippen molar-refractivity contribution in [1.82, 2.24) is 0 Å². The zero-order chi connectivity index (χ0) is 15.2.